The van der Waals surface area contributed by atoms with E-state index in [1.165, 1.54) is 0 Å². The molecule has 1 saturated heterocycles. The molecule has 0 saturated carbocycles. The van der Waals surface area contributed by atoms with Crippen molar-refractivity contribution in [3.8, 4) is 0 Å². The van der Waals surface area contributed by atoms with E-state index in [1.807, 2.05) is 13.8 Å². The van der Waals surface area contributed by atoms with Crippen LogP contribution in [0.3, 0.4) is 0 Å². The van der Waals surface area contributed by atoms with Crippen molar-refractivity contribution in [2.24, 2.45) is 5.73 Å². The third-order valence-electron chi connectivity index (χ3n) is 3.99. The molecule has 0 unspecified atom stereocenters. The van der Waals surface area contributed by atoms with Crippen LogP contribution in [0.4, 0.5) is 0 Å². The number of carbonyl (C=O) groups is 1. The molecule has 1 aliphatic heterocycles. The quantitative estimate of drug-likeness (QED) is 0.660. The van der Waals surface area contributed by atoms with E-state index >= 15 is 0 Å². The first-order chi connectivity index (χ1) is 9.13. The fraction of sp³-hybridized carbons (Fsp3) is 0.929. The second-order valence-corrected chi connectivity index (χ2v) is 5.12. The first-order valence-corrected chi connectivity index (χ1v) is 7.49. The predicted molar refractivity (Wildman–Crippen MR) is 77.0 cm³/mol. The Morgan fingerprint density at radius 3 is 2.63 bits per heavy atom. The van der Waals surface area contributed by atoms with Gasteiger partial charge in [-0.25, -0.2) is 0 Å². The van der Waals surface area contributed by atoms with Gasteiger partial charge >= 0.3 is 0 Å². The van der Waals surface area contributed by atoms with E-state index in [0.29, 0.717) is 6.04 Å². The second-order valence-electron chi connectivity index (χ2n) is 5.12. The molecule has 0 radical (unpaired) electrons. The number of hydrogen-bond acceptors (Lipinski definition) is 4. The SMILES string of the molecule is CCOCCN1CCN([C@H](CC)C(N)=O)C[C@H]1CC. The molecule has 0 aromatic carbocycles. The van der Waals surface area contributed by atoms with Crippen molar-refractivity contribution in [1.82, 2.24) is 9.80 Å². The summed E-state index contributed by atoms with van der Waals surface area (Å²) in [6.45, 7) is 11.6. The van der Waals surface area contributed by atoms with Crippen molar-refractivity contribution >= 4 is 5.91 Å². The molecule has 1 aliphatic rings. The molecule has 0 bridgehead atoms. The number of primary amides is 1. The normalized spacial score (nSPS) is 23.4. The van der Waals surface area contributed by atoms with Gasteiger partial charge in [0.05, 0.1) is 12.6 Å². The summed E-state index contributed by atoms with van der Waals surface area (Å²) in [5.74, 6) is -0.194. The Kier molecular flexibility index (Phi) is 7.34. The van der Waals surface area contributed by atoms with Crippen molar-refractivity contribution in [3.05, 3.63) is 0 Å². The Labute approximate surface area is 117 Å². The summed E-state index contributed by atoms with van der Waals surface area (Å²) >= 11 is 0. The van der Waals surface area contributed by atoms with Crippen molar-refractivity contribution in [2.75, 3.05) is 39.4 Å². The Balaban J connectivity index is 2.51. The van der Waals surface area contributed by atoms with Gasteiger partial charge in [-0.05, 0) is 19.8 Å². The van der Waals surface area contributed by atoms with Gasteiger partial charge in [0, 0.05) is 38.8 Å². The standard InChI is InChI=1S/C14H29N3O2/c1-4-12-11-17(13(5-2)14(15)18)8-7-16(12)9-10-19-6-3/h12-13H,4-11H2,1-3H3,(H2,15,18)/t12-,13-/m1/s1. The van der Waals surface area contributed by atoms with E-state index in [0.717, 1.165) is 52.2 Å². The molecule has 1 fully saturated rings. The molecular formula is C14H29N3O2. The Hall–Kier alpha value is -0.650. The number of nitrogens with zero attached hydrogens (tertiary/aromatic N) is 2. The van der Waals surface area contributed by atoms with Crippen LogP contribution in [0.25, 0.3) is 0 Å². The minimum Gasteiger partial charge on any atom is -0.380 e. The molecule has 5 nitrogen and oxygen atoms in total. The Bertz CT molecular complexity index is 273. The van der Waals surface area contributed by atoms with Gasteiger partial charge in [0.2, 0.25) is 5.91 Å². The smallest absolute Gasteiger partial charge is 0.234 e. The minimum absolute atomic E-state index is 0.108. The number of piperazine rings is 1. The van der Waals surface area contributed by atoms with Gasteiger partial charge in [-0.2, -0.15) is 0 Å². The summed E-state index contributed by atoms with van der Waals surface area (Å²) in [4.78, 5) is 16.2. The average molecular weight is 271 g/mol. The summed E-state index contributed by atoms with van der Waals surface area (Å²) in [6.07, 6.45) is 1.89. The number of nitrogens with two attached hydrogens (primary N) is 1. The van der Waals surface area contributed by atoms with E-state index in [2.05, 4.69) is 16.7 Å². The molecular weight excluding hydrogens is 242 g/mol. The van der Waals surface area contributed by atoms with Crippen molar-refractivity contribution in [2.45, 2.75) is 45.7 Å². The fourth-order valence-corrected chi connectivity index (χ4v) is 2.85. The van der Waals surface area contributed by atoms with Crippen LogP contribution in [0, 0.1) is 0 Å². The molecule has 2 atom stereocenters. The highest BCUT2D eigenvalue weighted by Gasteiger charge is 2.31. The lowest BCUT2D eigenvalue weighted by atomic mass is 10.1. The highest BCUT2D eigenvalue weighted by atomic mass is 16.5. The lowest BCUT2D eigenvalue weighted by Gasteiger charge is -2.43. The summed E-state index contributed by atoms with van der Waals surface area (Å²) in [5.41, 5.74) is 5.48. The zero-order chi connectivity index (χ0) is 14.3. The van der Waals surface area contributed by atoms with E-state index in [1.54, 1.807) is 0 Å². The van der Waals surface area contributed by atoms with Gasteiger partial charge in [-0.15, -0.1) is 0 Å². The maximum atomic E-state index is 11.5. The van der Waals surface area contributed by atoms with E-state index < -0.39 is 0 Å². The van der Waals surface area contributed by atoms with Gasteiger partial charge < -0.3 is 10.5 Å². The van der Waals surface area contributed by atoms with Crippen molar-refractivity contribution in [3.63, 3.8) is 0 Å². The van der Waals surface area contributed by atoms with Crippen LogP contribution < -0.4 is 5.73 Å². The fourth-order valence-electron chi connectivity index (χ4n) is 2.85. The third kappa shape index (κ3) is 4.75. The maximum absolute atomic E-state index is 11.5. The number of ether oxygens (including phenoxy) is 1. The summed E-state index contributed by atoms with van der Waals surface area (Å²) < 4.78 is 5.43. The Morgan fingerprint density at radius 1 is 1.37 bits per heavy atom. The molecule has 2 N–H and O–H groups in total. The van der Waals surface area contributed by atoms with Crippen LogP contribution in [0.5, 0.6) is 0 Å². The van der Waals surface area contributed by atoms with Crippen molar-refractivity contribution < 1.29 is 9.53 Å². The van der Waals surface area contributed by atoms with Gasteiger partial charge in [-0.3, -0.25) is 14.6 Å². The molecule has 0 aromatic heterocycles. The minimum atomic E-state index is -0.194. The highest BCUT2D eigenvalue weighted by molar-refractivity contribution is 5.79. The zero-order valence-corrected chi connectivity index (χ0v) is 12.6. The van der Waals surface area contributed by atoms with E-state index in [4.69, 9.17) is 10.5 Å². The maximum Gasteiger partial charge on any atom is 0.234 e. The summed E-state index contributed by atoms with van der Waals surface area (Å²) in [7, 11) is 0. The molecule has 0 aliphatic carbocycles. The molecule has 1 heterocycles. The third-order valence-corrected chi connectivity index (χ3v) is 3.99. The number of amides is 1. The highest BCUT2D eigenvalue weighted by Crippen LogP contribution is 2.16. The summed E-state index contributed by atoms with van der Waals surface area (Å²) in [6, 6.07) is 0.394. The molecule has 112 valence electrons. The number of carbonyl (C=O) groups excluding carboxylic acids is 1. The van der Waals surface area contributed by atoms with E-state index in [-0.39, 0.29) is 11.9 Å². The molecule has 0 aromatic rings. The van der Waals surface area contributed by atoms with Gasteiger partial charge in [0.1, 0.15) is 0 Å². The zero-order valence-electron chi connectivity index (χ0n) is 12.6. The summed E-state index contributed by atoms with van der Waals surface area (Å²) in [5, 5.41) is 0. The van der Waals surface area contributed by atoms with Crippen LogP contribution in [0.15, 0.2) is 0 Å². The lowest BCUT2D eigenvalue weighted by Crippen LogP contribution is -2.58. The van der Waals surface area contributed by atoms with Crippen molar-refractivity contribution in [1.29, 1.82) is 0 Å². The number of hydrogen-bond donors (Lipinski definition) is 1. The van der Waals surface area contributed by atoms with Gasteiger partial charge in [0.15, 0.2) is 0 Å². The first kappa shape index (κ1) is 16.4. The topological polar surface area (TPSA) is 58.8 Å². The van der Waals surface area contributed by atoms with Crippen LogP contribution in [-0.2, 0) is 9.53 Å². The second kappa shape index (κ2) is 8.51. The van der Waals surface area contributed by atoms with Crippen LogP contribution in [-0.4, -0.2) is 67.2 Å². The van der Waals surface area contributed by atoms with Crippen LogP contribution in [0.1, 0.15) is 33.6 Å². The van der Waals surface area contributed by atoms with Gasteiger partial charge in [0.25, 0.3) is 0 Å². The average Bonchev–Trinajstić information content (AvgIpc) is 2.40. The monoisotopic (exact) mass is 271 g/mol. The van der Waals surface area contributed by atoms with Gasteiger partial charge in [-0.1, -0.05) is 13.8 Å². The number of rotatable bonds is 8. The molecule has 1 rings (SSSR count). The first-order valence-electron chi connectivity index (χ1n) is 7.49. The van der Waals surface area contributed by atoms with E-state index in [9.17, 15) is 4.79 Å². The van der Waals surface area contributed by atoms with Crippen LogP contribution >= 0.6 is 0 Å². The molecule has 5 heteroatoms. The predicted octanol–water partition coefficient (Wildman–Crippen LogP) is 0.683. The molecule has 19 heavy (non-hydrogen) atoms. The Morgan fingerprint density at radius 2 is 2.11 bits per heavy atom. The molecule has 0 spiro atoms. The lowest BCUT2D eigenvalue weighted by molar-refractivity contribution is -0.124. The largest absolute Gasteiger partial charge is 0.380 e. The van der Waals surface area contributed by atoms with Crippen LogP contribution in [0.2, 0.25) is 0 Å². The molecule has 1 amide bonds.